The molecule has 0 radical (unpaired) electrons. The van der Waals surface area contributed by atoms with E-state index in [0.717, 1.165) is 5.75 Å². The predicted octanol–water partition coefficient (Wildman–Crippen LogP) is 2.68. The van der Waals surface area contributed by atoms with E-state index in [1.165, 1.54) is 22.6 Å². The summed E-state index contributed by atoms with van der Waals surface area (Å²) >= 11 is 10.8. The number of halogens is 1. The highest BCUT2D eigenvalue weighted by Crippen LogP contribution is 2.31. The van der Waals surface area contributed by atoms with Gasteiger partial charge in [-0.15, -0.1) is 35.1 Å². The number of hydrogen-bond donors (Lipinski definition) is 0. The number of rotatable bonds is 4. The molecule has 0 bridgehead atoms. The summed E-state index contributed by atoms with van der Waals surface area (Å²) in [5.41, 5.74) is 0. The van der Waals surface area contributed by atoms with Crippen molar-refractivity contribution in [2.75, 3.05) is 22.5 Å². The van der Waals surface area contributed by atoms with Crippen molar-refractivity contribution in [2.24, 2.45) is 0 Å². The van der Waals surface area contributed by atoms with Crippen LogP contribution in [0.15, 0.2) is 0 Å². The zero-order valence-corrected chi connectivity index (χ0v) is 9.83. The molecular formula is C7H11ClOS3. The maximum atomic E-state index is 11.1. The van der Waals surface area contributed by atoms with Gasteiger partial charge in [0.2, 0.25) is 0 Å². The molecule has 12 heavy (non-hydrogen) atoms. The van der Waals surface area contributed by atoms with Gasteiger partial charge in [-0.1, -0.05) is 11.8 Å². The first-order valence-corrected chi connectivity index (χ1v) is 7.46. The van der Waals surface area contributed by atoms with Crippen molar-refractivity contribution in [3.05, 3.63) is 0 Å². The molecule has 1 rings (SSSR count). The SMILES string of the molecule is O=C(CCCl)SCC1CSCS1. The van der Waals surface area contributed by atoms with Crippen LogP contribution in [-0.2, 0) is 4.79 Å². The molecule has 1 atom stereocenters. The number of thioether (sulfide) groups is 3. The summed E-state index contributed by atoms with van der Waals surface area (Å²) < 4.78 is 0. The number of carbonyl (C=O) groups is 1. The molecule has 0 aromatic carbocycles. The molecular weight excluding hydrogens is 232 g/mol. The van der Waals surface area contributed by atoms with E-state index in [1.54, 1.807) is 0 Å². The Kier molecular flexibility index (Phi) is 5.97. The van der Waals surface area contributed by atoms with Crippen LogP contribution in [0.4, 0.5) is 0 Å². The fraction of sp³-hybridized carbons (Fsp3) is 0.857. The molecule has 0 aromatic heterocycles. The lowest BCUT2D eigenvalue weighted by molar-refractivity contribution is -0.110. The van der Waals surface area contributed by atoms with Crippen LogP contribution in [0.2, 0.25) is 0 Å². The summed E-state index contributed by atoms with van der Waals surface area (Å²) in [5, 5.41) is 2.11. The van der Waals surface area contributed by atoms with Crippen molar-refractivity contribution in [3.63, 3.8) is 0 Å². The quantitative estimate of drug-likeness (QED) is 0.705. The molecule has 1 fully saturated rings. The Morgan fingerprint density at radius 2 is 2.50 bits per heavy atom. The van der Waals surface area contributed by atoms with Crippen molar-refractivity contribution in [1.29, 1.82) is 0 Å². The lowest BCUT2D eigenvalue weighted by Gasteiger charge is -2.04. The first-order chi connectivity index (χ1) is 5.83. The number of alkyl halides is 1. The molecule has 70 valence electrons. The van der Waals surface area contributed by atoms with E-state index in [2.05, 4.69) is 0 Å². The summed E-state index contributed by atoms with van der Waals surface area (Å²) in [6.45, 7) is 0. The van der Waals surface area contributed by atoms with Crippen LogP contribution in [0.25, 0.3) is 0 Å². The predicted molar refractivity (Wildman–Crippen MR) is 61.5 cm³/mol. The van der Waals surface area contributed by atoms with E-state index in [9.17, 15) is 4.79 Å². The van der Waals surface area contributed by atoms with Crippen LogP contribution in [0.3, 0.4) is 0 Å². The molecule has 0 N–H and O–H groups in total. The highest BCUT2D eigenvalue weighted by atomic mass is 35.5. The Labute approximate surface area is 90.8 Å². The van der Waals surface area contributed by atoms with Crippen molar-refractivity contribution in [1.82, 2.24) is 0 Å². The molecule has 1 unspecified atom stereocenters. The van der Waals surface area contributed by atoms with Crippen molar-refractivity contribution in [2.45, 2.75) is 11.7 Å². The molecule has 0 spiro atoms. The van der Waals surface area contributed by atoms with Gasteiger partial charge in [0.05, 0.1) is 0 Å². The summed E-state index contributed by atoms with van der Waals surface area (Å²) in [7, 11) is 0. The molecule has 1 nitrogen and oxygen atoms in total. The Bertz CT molecular complexity index is 148. The molecule has 1 aliphatic rings. The monoisotopic (exact) mass is 242 g/mol. The largest absolute Gasteiger partial charge is 0.287 e. The maximum Gasteiger partial charge on any atom is 0.190 e. The molecule has 0 saturated carbocycles. The normalized spacial score (nSPS) is 22.9. The van der Waals surface area contributed by atoms with Crippen LogP contribution in [0.5, 0.6) is 0 Å². The minimum absolute atomic E-state index is 0.238. The van der Waals surface area contributed by atoms with E-state index in [-0.39, 0.29) is 5.12 Å². The lowest BCUT2D eigenvalue weighted by atomic mass is 10.5. The average Bonchev–Trinajstić information content (AvgIpc) is 2.53. The number of carbonyl (C=O) groups excluding carboxylic acids is 1. The minimum atomic E-state index is 0.238. The molecule has 5 heteroatoms. The zero-order valence-electron chi connectivity index (χ0n) is 6.62. The van der Waals surface area contributed by atoms with E-state index in [4.69, 9.17) is 11.6 Å². The van der Waals surface area contributed by atoms with Gasteiger partial charge in [0, 0.05) is 34.1 Å². The third-order valence-electron chi connectivity index (χ3n) is 1.42. The molecule has 1 aliphatic heterocycles. The summed E-state index contributed by atoms with van der Waals surface area (Å²) in [4.78, 5) is 11.1. The van der Waals surface area contributed by atoms with Gasteiger partial charge in [0.25, 0.3) is 0 Å². The highest BCUT2D eigenvalue weighted by Gasteiger charge is 2.17. The van der Waals surface area contributed by atoms with Crippen LogP contribution in [-0.4, -0.2) is 32.8 Å². The van der Waals surface area contributed by atoms with Gasteiger partial charge in [-0.05, 0) is 0 Å². The van der Waals surface area contributed by atoms with Crippen LogP contribution >= 0.6 is 46.9 Å². The van der Waals surface area contributed by atoms with Gasteiger partial charge in [-0.3, -0.25) is 4.79 Å². The van der Waals surface area contributed by atoms with Gasteiger partial charge >= 0.3 is 0 Å². The zero-order chi connectivity index (χ0) is 8.81. The van der Waals surface area contributed by atoms with E-state index in [0.29, 0.717) is 17.6 Å². The standard InChI is InChI=1S/C7H11ClOS3/c8-2-1-7(9)11-4-6-3-10-5-12-6/h6H,1-5H2. The van der Waals surface area contributed by atoms with Crippen LogP contribution in [0.1, 0.15) is 6.42 Å². The highest BCUT2D eigenvalue weighted by molar-refractivity contribution is 8.20. The van der Waals surface area contributed by atoms with Crippen molar-refractivity contribution < 1.29 is 4.79 Å². The fourth-order valence-corrected chi connectivity index (χ4v) is 5.16. The summed E-state index contributed by atoms with van der Waals surface area (Å²) in [5.74, 6) is 2.62. The van der Waals surface area contributed by atoms with E-state index in [1.807, 2.05) is 23.5 Å². The second-order valence-electron chi connectivity index (χ2n) is 2.40. The second kappa shape index (κ2) is 6.46. The summed E-state index contributed by atoms with van der Waals surface area (Å²) in [6.07, 6.45) is 0.511. The lowest BCUT2D eigenvalue weighted by Crippen LogP contribution is -2.07. The average molecular weight is 243 g/mol. The van der Waals surface area contributed by atoms with Crippen molar-refractivity contribution in [3.8, 4) is 0 Å². The minimum Gasteiger partial charge on any atom is -0.287 e. The second-order valence-corrected chi connectivity index (χ2v) is 6.54. The van der Waals surface area contributed by atoms with Gasteiger partial charge < -0.3 is 0 Å². The van der Waals surface area contributed by atoms with Gasteiger partial charge in [0.1, 0.15) is 0 Å². The van der Waals surface area contributed by atoms with Crippen LogP contribution in [0, 0.1) is 0 Å². The molecule has 1 heterocycles. The maximum absolute atomic E-state index is 11.1. The first-order valence-electron chi connectivity index (χ1n) is 3.74. The molecule has 1 saturated heterocycles. The van der Waals surface area contributed by atoms with Crippen LogP contribution < -0.4 is 0 Å². The van der Waals surface area contributed by atoms with Gasteiger partial charge in [-0.25, -0.2) is 0 Å². The van der Waals surface area contributed by atoms with Crippen molar-refractivity contribution >= 4 is 52.0 Å². The molecule has 0 aliphatic carbocycles. The van der Waals surface area contributed by atoms with Gasteiger partial charge in [-0.2, -0.15) is 0 Å². The Balaban J connectivity index is 2.03. The third kappa shape index (κ3) is 4.30. The molecule has 0 aromatic rings. The van der Waals surface area contributed by atoms with E-state index < -0.39 is 0 Å². The first kappa shape index (κ1) is 11.1. The topological polar surface area (TPSA) is 17.1 Å². The number of hydrogen-bond acceptors (Lipinski definition) is 4. The Hall–Kier alpha value is 1.01. The smallest absolute Gasteiger partial charge is 0.190 e. The Morgan fingerprint density at radius 3 is 3.08 bits per heavy atom. The fourth-order valence-electron chi connectivity index (χ4n) is 0.803. The van der Waals surface area contributed by atoms with Gasteiger partial charge in [0.15, 0.2) is 5.12 Å². The third-order valence-corrected chi connectivity index (χ3v) is 5.78. The summed E-state index contributed by atoms with van der Waals surface area (Å²) in [6, 6.07) is 0. The Morgan fingerprint density at radius 1 is 1.67 bits per heavy atom. The molecule has 0 amide bonds. The van der Waals surface area contributed by atoms with E-state index >= 15 is 0 Å².